The molecular weight excluding hydrogens is 270 g/mol. The van der Waals surface area contributed by atoms with Crippen LogP contribution in [0.15, 0.2) is 91.0 Å². The van der Waals surface area contributed by atoms with Crippen molar-refractivity contribution in [2.24, 2.45) is 0 Å². The second kappa shape index (κ2) is 6.42. The minimum atomic E-state index is -1.30. The summed E-state index contributed by atoms with van der Waals surface area (Å²) in [7, 11) is -1.30. The average Bonchev–Trinajstić information content (AvgIpc) is 2.58. The lowest BCUT2D eigenvalue weighted by Gasteiger charge is -2.31. The van der Waals surface area contributed by atoms with Crippen LogP contribution in [0, 0.1) is 0 Å². The Balaban J connectivity index is 2.05. The summed E-state index contributed by atoms with van der Waals surface area (Å²) in [5.41, 5.74) is 2.54. The molecule has 0 saturated heterocycles. The summed E-state index contributed by atoms with van der Waals surface area (Å²) in [4.78, 5) is 0. The van der Waals surface area contributed by atoms with Gasteiger partial charge in [-0.25, -0.2) is 0 Å². The van der Waals surface area contributed by atoms with Crippen LogP contribution < -0.4 is 9.75 Å². The highest BCUT2D eigenvalue weighted by molar-refractivity contribution is 6.76. The van der Waals surface area contributed by atoms with Crippen molar-refractivity contribution in [3.63, 3.8) is 0 Å². The van der Waals surface area contributed by atoms with Crippen LogP contribution in [0.3, 0.4) is 0 Å². The Bertz CT molecular complexity index is 628. The van der Waals surface area contributed by atoms with E-state index < -0.39 is 8.96 Å². The molecule has 1 unspecified atom stereocenters. The van der Waals surface area contributed by atoms with E-state index in [1.54, 1.807) is 0 Å². The molecule has 21 heavy (non-hydrogen) atoms. The Hall–Kier alpha value is -2.32. The molecule has 0 saturated carbocycles. The molecule has 3 aromatic rings. The lowest BCUT2D eigenvalue weighted by molar-refractivity contribution is 1.37. The Morgan fingerprint density at radius 3 is 1.38 bits per heavy atom. The van der Waals surface area contributed by atoms with Crippen molar-refractivity contribution < 1.29 is 0 Å². The molecule has 1 atom stereocenters. The van der Waals surface area contributed by atoms with E-state index in [1.165, 1.54) is 16.6 Å². The van der Waals surface area contributed by atoms with Gasteiger partial charge in [0.15, 0.2) is 8.96 Å². The third kappa shape index (κ3) is 3.06. The summed E-state index contributed by atoms with van der Waals surface area (Å²) < 4.78 is 2.51. The lowest BCUT2D eigenvalue weighted by atomic mass is 10.3. The Morgan fingerprint density at radius 1 is 0.571 bits per heavy atom. The van der Waals surface area contributed by atoms with Gasteiger partial charge < -0.3 is 4.57 Å². The first-order valence-electron chi connectivity index (χ1n) is 7.30. The Morgan fingerprint density at radius 2 is 0.952 bits per heavy atom. The fraction of sp³-hybridized carbons (Fsp3) is 0.0526. The Kier molecular flexibility index (Phi) is 4.17. The van der Waals surface area contributed by atoms with Gasteiger partial charge in [0.2, 0.25) is 0 Å². The molecule has 0 radical (unpaired) electrons. The molecule has 0 N–H and O–H groups in total. The quantitative estimate of drug-likeness (QED) is 0.654. The molecule has 0 aliphatic rings. The van der Waals surface area contributed by atoms with Gasteiger partial charge in [-0.15, -0.1) is 0 Å². The van der Waals surface area contributed by atoms with E-state index in [9.17, 15) is 0 Å². The molecule has 0 heterocycles. The van der Waals surface area contributed by atoms with E-state index in [4.69, 9.17) is 0 Å². The van der Waals surface area contributed by atoms with Gasteiger partial charge in [0.1, 0.15) is 0 Å². The molecule has 104 valence electrons. The predicted molar refractivity (Wildman–Crippen MR) is 94.1 cm³/mol. The summed E-state index contributed by atoms with van der Waals surface area (Å²) in [6, 6.07) is 32.2. The lowest BCUT2D eigenvalue weighted by Crippen LogP contribution is -2.43. The number of benzene rings is 3. The topological polar surface area (TPSA) is 3.24 Å². The van der Waals surface area contributed by atoms with Crippen LogP contribution in [-0.2, 0) is 0 Å². The van der Waals surface area contributed by atoms with Crippen molar-refractivity contribution >= 4 is 25.5 Å². The molecule has 1 nitrogen and oxygen atoms in total. The van der Waals surface area contributed by atoms with Gasteiger partial charge in [0, 0.05) is 11.4 Å². The van der Waals surface area contributed by atoms with Crippen LogP contribution in [0.1, 0.15) is 0 Å². The molecule has 3 aromatic carbocycles. The molecule has 0 fully saturated rings. The smallest absolute Gasteiger partial charge is 0.174 e. The minimum absolute atomic E-state index is 1.27. The van der Waals surface area contributed by atoms with Crippen molar-refractivity contribution in [1.82, 2.24) is 0 Å². The highest BCUT2D eigenvalue weighted by Crippen LogP contribution is 2.26. The minimum Gasteiger partial charge on any atom is -0.368 e. The van der Waals surface area contributed by atoms with Crippen molar-refractivity contribution in [2.75, 3.05) is 4.57 Å². The number of para-hydroxylation sites is 2. The second-order valence-electron chi connectivity index (χ2n) is 5.13. The van der Waals surface area contributed by atoms with Crippen molar-refractivity contribution in [3.8, 4) is 0 Å². The maximum Gasteiger partial charge on any atom is 0.174 e. The zero-order valence-corrected chi connectivity index (χ0v) is 13.3. The maximum atomic E-state index is 2.51. The number of rotatable bonds is 4. The molecule has 0 aromatic heterocycles. The van der Waals surface area contributed by atoms with E-state index in [1.807, 2.05) is 0 Å². The molecule has 0 bridgehead atoms. The highest BCUT2D eigenvalue weighted by Gasteiger charge is 2.19. The molecule has 0 aliphatic carbocycles. The SMILES string of the molecule is C[SiH](c1ccccc1)N(c1ccccc1)c1ccccc1. The molecule has 3 rings (SSSR count). The molecule has 0 spiro atoms. The largest absolute Gasteiger partial charge is 0.368 e. The standard InChI is InChI=1S/C19H19NSi/c1-21(19-15-9-4-10-16-19)20(17-11-5-2-6-12-17)18-13-7-3-8-14-18/h2-16,21H,1H3. The second-order valence-corrected chi connectivity index (χ2v) is 7.66. The number of hydrogen-bond donors (Lipinski definition) is 0. The highest BCUT2D eigenvalue weighted by atomic mass is 28.3. The first-order valence-corrected chi connectivity index (χ1v) is 9.55. The summed E-state index contributed by atoms with van der Waals surface area (Å²) in [6.07, 6.45) is 0. The van der Waals surface area contributed by atoms with Gasteiger partial charge in [-0.1, -0.05) is 66.7 Å². The van der Waals surface area contributed by atoms with Gasteiger partial charge in [0.25, 0.3) is 0 Å². The molecule has 2 heteroatoms. The van der Waals surface area contributed by atoms with Crippen molar-refractivity contribution in [2.45, 2.75) is 6.55 Å². The molecular formula is C19H19NSi. The summed E-state index contributed by atoms with van der Waals surface area (Å²) in [5.74, 6) is 0. The van der Waals surface area contributed by atoms with Crippen LogP contribution in [0.5, 0.6) is 0 Å². The fourth-order valence-corrected chi connectivity index (χ4v) is 4.97. The molecule has 0 aliphatic heterocycles. The van der Waals surface area contributed by atoms with E-state index >= 15 is 0 Å². The van der Waals surface area contributed by atoms with Gasteiger partial charge >= 0.3 is 0 Å². The number of hydrogen-bond acceptors (Lipinski definition) is 1. The summed E-state index contributed by atoms with van der Waals surface area (Å²) in [5, 5.41) is 1.45. The first kappa shape index (κ1) is 13.7. The van der Waals surface area contributed by atoms with E-state index in [0.717, 1.165) is 0 Å². The van der Waals surface area contributed by atoms with Crippen LogP contribution in [-0.4, -0.2) is 8.96 Å². The van der Waals surface area contributed by atoms with Crippen LogP contribution >= 0.6 is 0 Å². The zero-order valence-electron chi connectivity index (χ0n) is 12.2. The first-order chi connectivity index (χ1) is 10.4. The van der Waals surface area contributed by atoms with Gasteiger partial charge in [-0.3, -0.25) is 0 Å². The average molecular weight is 289 g/mol. The van der Waals surface area contributed by atoms with Gasteiger partial charge in [0.05, 0.1) is 0 Å². The maximum absolute atomic E-state index is 2.51. The number of nitrogens with zero attached hydrogens (tertiary/aromatic N) is 1. The zero-order chi connectivity index (χ0) is 14.5. The normalized spacial score (nSPS) is 11.9. The van der Waals surface area contributed by atoms with E-state index in [2.05, 4.69) is 102 Å². The summed E-state index contributed by atoms with van der Waals surface area (Å²) >= 11 is 0. The van der Waals surface area contributed by atoms with Crippen LogP contribution in [0.2, 0.25) is 6.55 Å². The van der Waals surface area contributed by atoms with Gasteiger partial charge in [-0.2, -0.15) is 0 Å². The third-order valence-corrected chi connectivity index (χ3v) is 6.46. The third-order valence-electron chi connectivity index (χ3n) is 3.74. The van der Waals surface area contributed by atoms with Crippen LogP contribution in [0.4, 0.5) is 11.4 Å². The predicted octanol–water partition coefficient (Wildman–Crippen LogP) is 4.09. The molecule has 0 amide bonds. The summed E-state index contributed by atoms with van der Waals surface area (Å²) in [6.45, 7) is 2.38. The fourth-order valence-electron chi connectivity index (χ4n) is 2.65. The van der Waals surface area contributed by atoms with Crippen LogP contribution in [0.25, 0.3) is 0 Å². The van der Waals surface area contributed by atoms with E-state index in [0.29, 0.717) is 0 Å². The van der Waals surface area contributed by atoms with Gasteiger partial charge in [-0.05, 0) is 36.0 Å². The monoisotopic (exact) mass is 289 g/mol. The number of anilines is 2. The van der Waals surface area contributed by atoms with Crippen molar-refractivity contribution in [1.29, 1.82) is 0 Å². The van der Waals surface area contributed by atoms with E-state index in [-0.39, 0.29) is 0 Å². The Labute approximate surface area is 128 Å². The van der Waals surface area contributed by atoms with Crippen molar-refractivity contribution in [3.05, 3.63) is 91.0 Å².